The van der Waals surface area contributed by atoms with Gasteiger partial charge in [0.15, 0.2) is 5.69 Å². The second-order valence-electron chi connectivity index (χ2n) is 6.20. The lowest BCUT2D eigenvalue weighted by Gasteiger charge is -2.12. The molecule has 0 radical (unpaired) electrons. The van der Waals surface area contributed by atoms with Crippen molar-refractivity contribution in [2.75, 3.05) is 11.4 Å². The molecule has 1 aliphatic heterocycles. The number of carbonyl (C=O) groups excluding carboxylic acids is 1. The van der Waals surface area contributed by atoms with Crippen LogP contribution in [0.15, 0.2) is 30.5 Å². The van der Waals surface area contributed by atoms with Crippen molar-refractivity contribution in [3.05, 3.63) is 46.7 Å². The fourth-order valence-corrected chi connectivity index (χ4v) is 4.02. The van der Waals surface area contributed by atoms with Crippen LogP contribution in [0.4, 0.5) is 5.95 Å². The number of carbonyl (C=O) groups is 1. The molecule has 0 saturated heterocycles. The van der Waals surface area contributed by atoms with Crippen LogP contribution >= 0.6 is 11.3 Å². The molecule has 0 spiro atoms. The van der Waals surface area contributed by atoms with Crippen LogP contribution < -0.4 is 4.90 Å². The van der Waals surface area contributed by atoms with Crippen LogP contribution in [0.2, 0.25) is 0 Å². The first-order valence-electron chi connectivity index (χ1n) is 8.26. The maximum Gasteiger partial charge on any atom is 0.283 e. The van der Waals surface area contributed by atoms with Gasteiger partial charge in [-0.15, -0.1) is 16.4 Å². The third-order valence-electron chi connectivity index (χ3n) is 4.56. The minimum atomic E-state index is -0.184. The van der Waals surface area contributed by atoms with E-state index in [0.29, 0.717) is 29.0 Å². The summed E-state index contributed by atoms with van der Waals surface area (Å²) in [4.78, 5) is 24.8. The topological polar surface area (TPSA) is 81.7 Å². The number of anilines is 1. The summed E-state index contributed by atoms with van der Waals surface area (Å²) in [5.74, 6) is 0.478. The van der Waals surface area contributed by atoms with E-state index < -0.39 is 0 Å². The van der Waals surface area contributed by atoms with Crippen LogP contribution in [0.3, 0.4) is 0 Å². The molecule has 1 aliphatic rings. The molecule has 3 aromatic heterocycles. The molecule has 0 fully saturated rings. The van der Waals surface area contributed by atoms with E-state index in [9.17, 15) is 4.79 Å². The van der Waals surface area contributed by atoms with Gasteiger partial charge in [0, 0.05) is 24.2 Å². The average Bonchev–Trinajstić information content (AvgIpc) is 3.37. The van der Waals surface area contributed by atoms with E-state index in [4.69, 9.17) is 0 Å². The van der Waals surface area contributed by atoms with E-state index in [-0.39, 0.29) is 5.91 Å². The molecule has 8 nitrogen and oxygen atoms in total. The molecule has 0 bridgehead atoms. The van der Waals surface area contributed by atoms with Crippen LogP contribution in [0, 0.1) is 13.8 Å². The Hall–Kier alpha value is -3.07. The minimum absolute atomic E-state index is 0.184. The summed E-state index contributed by atoms with van der Waals surface area (Å²) < 4.78 is 3.68. The first-order chi connectivity index (χ1) is 12.6. The molecule has 0 aliphatic carbocycles. The van der Waals surface area contributed by atoms with Gasteiger partial charge < -0.3 is 4.57 Å². The van der Waals surface area contributed by atoms with Crippen LogP contribution in [-0.2, 0) is 6.54 Å². The third-order valence-corrected chi connectivity index (χ3v) is 5.44. The van der Waals surface area contributed by atoms with Gasteiger partial charge in [0.25, 0.3) is 5.91 Å². The number of thiazole rings is 1. The summed E-state index contributed by atoms with van der Waals surface area (Å²) in [5, 5.41) is 8.96. The lowest BCUT2D eigenvalue weighted by molar-refractivity contribution is 0.0983. The van der Waals surface area contributed by atoms with Gasteiger partial charge in [-0.2, -0.15) is 4.68 Å². The van der Waals surface area contributed by atoms with Crippen molar-refractivity contribution in [2.45, 2.75) is 20.4 Å². The number of amides is 1. The van der Waals surface area contributed by atoms with Gasteiger partial charge in [-0.05, 0) is 26.0 Å². The van der Waals surface area contributed by atoms with Crippen molar-refractivity contribution in [3.8, 4) is 5.13 Å². The molecule has 1 aromatic carbocycles. The quantitative estimate of drug-likeness (QED) is 0.545. The fraction of sp³-hybridized carbons (Fsp3) is 0.235. The molecule has 130 valence electrons. The Kier molecular flexibility index (Phi) is 3.20. The number of fused-ring (bicyclic) bond motifs is 3. The molecular formula is C17H15N7OS. The lowest BCUT2D eigenvalue weighted by Crippen LogP contribution is -2.30. The second kappa shape index (κ2) is 5.46. The highest BCUT2D eigenvalue weighted by atomic mass is 32.1. The zero-order valence-corrected chi connectivity index (χ0v) is 15.1. The monoisotopic (exact) mass is 365 g/mol. The van der Waals surface area contributed by atoms with Crippen LogP contribution in [0.5, 0.6) is 0 Å². The molecule has 9 heteroatoms. The number of hydrogen-bond donors (Lipinski definition) is 0. The molecule has 0 saturated carbocycles. The Balaban J connectivity index is 1.54. The number of nitrogens with zero attached hydrogens (tertiary/aromatic N) is 7. The van der Waals surface area contributed by atoms with E-state index in [0.717, 1.165) is 22.5 Å². The van der Waals surface area contributed by atoms with Gasteiger partial charge in [0.2, 0.25) is 11.1 Å². The number of benzene rings is 1. The van der Waals surface area contributed by atoms with Gasteiger partial charge in [0.1, 0.15) is 0 Å². The largest absolute Gasteiger partial charge is 0.308 e. The highest BCUT2D eigenvalue weighted by Gasteiger charge is 2.32. The Labute approximate surface area is 152 Å². The summed E-state index contributed by atoms with van der Waals surface area (Å²) in [6, 6.07) is 7.90. The maximum atomic E-state index is 13.1. The highest BCUT2D eigenvalue weighted by Crippen LogP contribution is 2.28. The predicted molar refractivity (Wildman–Crippen MR) is 97.9 cm³/mol. The average molecular weight is 365 g/mol. The van der Waals surface area contributed by atoms with Crippen molar-refractivity contribution in [2.24, 2.45) is 0 Å². The SMILES string of the molecule is Cc1cnc(-n2nnc(C(=O)N3CCn4c3nc3ccccc34)c2C)s1. The number of rotatable bonds is 2. The van der Waals surface area contributed by atoms with Gasteiger partial charge in [-0.1, -0.05) is 17.3 Å². The fourth-order valence-electron chi connectivity index (χ4n) is 3.26. The molecule has 0 atom stereocenters. The van der Waals surface area contributed by atoms with E-state index in [1.54, 1.807) is 15.8 Å². The van der Waals surface area contributed by atoms with Gasteiger partial charge in [-0.25, -0.2) is 9.97 Å². The van der Waals surface area contributed by atoms with Gasteiger partial charge in [-0.3, -0.25) is 9.69 Å². The molecule has 0 N–H and O–H groups in total. The van der Waals surface area contributed by atoms with Crippen LogP contribution in [-0.4, -0.2) is 42.0 Å². The molecule has 0 unspecified atom stereocenters. The van der Waals surface area contributed by atoms with Crippen molar-refractivity contribution in [1.82, 2.24) is 29.5 Å². The maximum absolute atomic E-state index is 13.1. The third kappa shape index (κ3) is 2.10. The lowest BCUT2D eigenvalue weighted by atomic mass is 10.3. The highest BCUT2D eigenvalue weighted by molar-refractivity contribution is 7.13. The van der Waals surface area contributed by atoms with Crippen molar-refractivity contribution in [1.29, 1.82) is 0 Å². The van der Waals surface area contributed by atoms with E-state index >= 15 is 0 Å². The van der Waals surface area contributed by atoms with E-state index in [1.807, 2.05) is 38.1 Å². The van der Waals surface area contributed by atoms with Crippen LogP contribution in [0.25, 0.3) is 16.2 Å². The number of para-hydroxylation sites is 2. The van der Waals surface area contributed by atoms with Crippen molar-refractivity contribution < 1.29 is 4.79 Å². The summed E-state index contributed by atoms with van der Waals surface area (Å²) in [6.07, 6.45) is 1.78. The standard InChI is InChI=1S/C17H15N7OS/c1-10-9-18-17(26-10)24-11(2)14(20-21-24)15(25)23-8-7-22-13-6-4-3-5-12(13)19-16(22)23/h3-6,9H,7-8H2,1-2H3. The smallest absolute Gasteiger partial charge is 0.283 e. The summed E-state index contributed by atoms with van der Waals surface area (Å²) in [6.45, 7) is 5.12. The molecule has 26 heavy (non-hydrogen) atoms. The second-order valence-corrected chi connectivity index (χ2v) is 7.41. The zero-order chi connectivity index (χ0) is 17.8. The Morgan fingerprint density at radius 1 is 1.19 bits per heavy atom. The number of aromatic nitrogens is 6. The number of hydrogen-bond acceptors (Lipinski definition) is 6. The molecule has 4 heterocycles. The summed E-state index contributed by atoms with van der Waals surface area (Å²) in [5.41, 5.74) is 2.94. The first kappa shape index (κ1) is 15.2. The molecule has 1 amide bonds. The number of imidazole rings is 1. The molecule has 4 aromatic rings. The predicted octanol–water partition coefficient (Wildman–Crippen LogP) is 2.35. The zero-order valence-electron chi connectivity index (χ0n) is 14.2. The van der Waals surface area contributed by atoms with Crippen LogP contribution in [0.1, 0.15) is 21.1 Å². The molecular weight excluding hydrogens is 350 g/mol. The molecule has 5 rings (SSSR count). The summed E-state index contributed by atoms with van der Waals surface area (Å²) in [7, 11) is 0. The normalized spacial score (nSPS) is 13.5. The first-order valence-corrected chi connectivity index (χ1v) is 9.07. The Bertz CT molecular complexity index is 1160. The Morgan fingerprint density at radius 3 is 2.85 bits per heavy atom. The number of aryl methyl sites for hydroxylation is 1. The van der Waals surface area contributed by atoms with Crippen molar-refractivity contribution >= 4 is 34.2 Å². The summed E-state index contributed by atoms with van der Waals surface area (Å²) >= 11 is 1.51. The van der Waals surface area contributed by atoms with Gasteiger partial charge >= 0.3 is 0 Å². The Morgan fingerprint density at radius 2 is 2.04 bits per heavy atom. The van der Waals surface area contributed by atoms with E-state index in [2.05, 4.69) is 24.8 Å². The van der Waals surface area contributed by atoms with E-state index in [1.165, 1.54) is 11.3 Å². The van der Waals surface area contributed by atoms with Crippen molar-refractivity contribution in [3.63, 3.8) is 0 Å². The van der Waals surface area contributed by atoms with Gasteiger partial charge in [0.05, 0.1) is 16.7 Å². The minimum Gasteiger partial charge on any atom is -0.308 e.